The van der Waals surface area contributed by atoms with Gasteiger partial charge in [0, 0.05) is 13.2 Å². The van der Waals surface area contributed by atoms with Gasteiger partial charge in [-0.25, -0.2) is 9.97 Å². The Morgan fingerprint density at radius 3 is 2.94 bits per heavy atom. The number of aryl methyl sites for hydroxylation is 1. The normalized spacial score (nSPS) is 11.1. The number of anilines is 1. The molecular formula is C9H9N7. The topological polar surface area (TPSA) is 98.3 Å². The van der Waals surface area contributed by atoms with Crippen LogP contribution < -0.4 is 5.73 Å². The monoisotopic (exact) mass is 215 g/mol. The zero-order valence-electron chi connectivity index (χ0n) is 8.55. The molecule has 0 saturated carbocycles. The molecule has 0 radical (unpaired) electrons. The van der Waals surface area contributed by atoms with Crippen LogP contribution in [0, 0.1) is 0 Å². The molecule has 3 aromatic rings. The van der Waals surface area contributed by atoms with Crippen molar-refractivity contribution in [2.24, 2.45) is 7.05 Å². The summed E-state index contributed by atoms with van der Waals surface area (Å²) >= 11 is 0. The summed E-state index contributed by atoms with van der Waals surface area (Å²) < 4.78 is 1.89. The van der Waals surface area contributed by atoms with E-state index in [0.717, 1.165) is 5.52 Å². The van der Waals surface area contributed by atoms with Crippen LogP contribution in [-0.2, 0) is 7.05 Å². The molecule has 7 nitrogen and oxygen atoms in total. The number of hydrogen-bond acceptors (Lipinski definition) is 5. The molecule has 0 atom stereocenters. The van der Waals surface area contributed by atoms with Gasteiger partial charge in [-0.3, -0.25) is 5.10 Å². The molecule has 0 aromatic carbocycles. The fourth-order valence-electron chi connectivity index (χ4n) is 1.61. The van der Waals surface area contributed by atoms with Gasteiger partial charge in [0.05, 0.1) is 5.52 Å². The predicted molar refractivity (Wildman–Crippen MR) is 58.3 cm³/mol. The van der Waals surface area contributed by atoms with Crippen LogP contribution in [-0.4, -0.2) is 29.7 Å². The molecule has 0 fully saturated rings. The van der Waals surface area contributed by atoms with Crippen molar-refractivity contribution >= 4 is 17.1 Å². The Morgan fingerprint density at radius 1 is 1.38 bits per heavy atom. The first kappa shape index (κ1) is 8.84. The van der Waals surface area contributed by atoms with E-state index in [9.17, 15) is 0 Å². The molecule has 0 aliphatic rings. The Hall–Kier alpha value is -2.44. The Kier molecular flexibility index (Phi) is 1.67. The lowest BCUT2D eigenvalue weighted by Crippen LogP contribution is -1.94. The molecule has 3 rings (SSSR count). The Bertz CT molecular complexity index is 651. The zero-order valence-corrected chi connectivity index (χ0v) is 8.55. The molecule has 0 aliphatic carbocycles. The number of rotatable bonds is 1. The molecule has 0 saturated heterocycles. The maximum atomic E-state index is 5.45. The van der Waals surface area contributed by atoms with Crippen molar-refractivity contribution in [3.8, 4) is 11.6 Å². The minimum absolute atomic E-state index is 0.204. The molecule has 80 valence electrons. The summed E-state index contributed by atoms with van der Waals surface area (Å²) in [4.78, 5) is 12.6. The molecule has 7 heteroatoms. The second-order valence-electron chi connectivity index (χ2n) is 3.38. The maximum absolute atomic E-state index is 5.45. The number of nitrogens with one attached hydrogen (secondary N) is 1. The number of nitrogens with zero attached hydrogens (tertiary/aromatic N) is 5. The number of imidazole rings is 1. The number of fused-ring (bicyclic) bond motifs is 1. The summed E-state index contributed by atoms with van der Waals surface area (Å²) in [5, 5.41) is 6.50. The molecule has 3 heterocycles. The summed E-state index contributed by atoms with van der Waals surface area (Å²) in [6, 6.07) is 3.81. The third-order valence-electron chi connectivity index (χ3n) is 2.37. The van der Waals surface area contributed by atoms with Crippen LogP contribution in [0.3, 0.4) is 0 Å². The lowest BCUT2D eigenvalue weighted by atomic mass is 10.4. The van der Waals surface area contributed by atoms with Gasteiger partial charge in [0.2, 0.25) is 5.95 Å². The molecule has 3 aromatic heterocycles. The fraction of sp³-hybridized carbons (Fsp3) is 0.111. The SMILES string of the molecule is Cn1c(-c2nc(N)n[nH]2)nc2ncccc21. The van der Waals surface area contributed by atoms with E-state index >= 15 is 0 Å². The second kappa shape index (κ2) is 3.02. The third kappa shape index (κ3) is 1.14. The predicted octanol–water partition coefficient (Wildman–Crippen LogP) is 0.336. The summed E-state index contributed by atoms with van der Waals surface area (Å²) in [7, 11) is 1.89. The van der Waals surface area contributed by atoms with Gasteiger partial charge in [-0.15, -0.1) is 5.10 Å². The van der Waals surface area contributed by atoms with Crippen LogP contribution in [0.4, 0.5) is 5.95 Å². The molecule has 0 spiro atoms. The minimum Gasteiger partial charge on any atom is -0.366 e. The van der Waals surface area contributed by atoms with Gasteiger partial charge >= 0.3 is 0 Å². The van der Waals surface area contributed by atoms with Gasteiger partial charge in [-0.1, -0.05) is 0 Å². The van der Waals surface area contributed by atoms with Crippen molar-refractivity contribution in [2.45, 2.75) is 0 Å². The molecule has 0 unspecified atom stereocenters. The fourth-order valence-corrected chi connectivity index (χ4v) is 1.61. The van der Waals surface area contributed by atoms with E-state index in [-0.39, 0.29) is 5.95 Å². The Balaban J connectivity index is 2.28. The van der Waals surface area contributed by atoms with Crippen molar-refractivity contribution in [1.82, 2.24) is 29.7 Å². The summed E-state index contributed by atoms with van der Waals surface area (Å²) in [5.74, 6) is 1.41. The summed E-state index contributed by atoms with van der Waals surface area (Å²) in [5.41, 5.74) is 7.07. The van der Waals surface area contributed by atoms with Crippen LogP contribution in [0.1, 0.15) is 0 Å². The molecule has 0 bridgehead atoms. The van der Waals surface area contributed by atoms with E-state index < -0.39 is 0 Å². The first-order valence-corrected chi connectivity index (χ1v) is 4.71. The Morgan fingerprint density at radius 2 is 2.25 bits per heavy atom. The standard InChI is InChI=1S/C9H9N7/c1-16-5-3-2-4-11-6(5)12-8(16)7-13-9(10)15-14-7/h2-4H,1H3,(H3,10,13,14,15). The maximum Gasteiger partial charge on any atom is 0.239 e. The number of hydrogen-bond donors (Lipinski definition) is 2. The number of H-pyrrole nitrogens is 1. The number of nitrogen functional groups attached to an aromatic ring is 1. The van der Waals surface area contributed by atoms with Crippen LogP contribution in [0.2, 0.25) is 0 Å². The molecule has 0 amide bonds. The largest absolute Gasteiger partial charge is 0.366 e. The smallest absolute Gasteiger partial charge is 0.239 e. The number of aromatic nitrogens is 6. The highest BCUT2D eigenvalue weighted by Gasteiger charge is 2.13. The lowest BCUT2D eigenvalue weighted by Gasteiger charge is -1.96. The highest BCUT2D eigenvalue weighted by molar-refractivity contribution is 5.75. The number of pyridine rings is 1. The van der Waals surface area contributed by atoms with E-state index in [1.165, 1.54) is 0 Å². The van der Waals surface area contributed by atoms with Gasteiger partial charge in [0.25, 0.3) is 0 Å². The van der Waals surface area contributed by atoms with E-state index in [2.05, 4.69) is 25.1 Å². The quantitative estimate of drug-likeness (QED) is 0.609. The van der Waals surface area contributed by atoms with Crippen LogP contribution in [0.15, 0.2) is 18.3 Å². The lowest BCUT2D eigenvalue weighted by molar-refractivity contribution is 0.937. The van der Waals surface area contributed by atoms with E-state index in [4.69, 9.17) is 5.73 Å². The van der Waals surface area contributed by atoms with E-state index in [1.807, 2.05) is 23.7 Å². The van der Waals surface area contributed by atoms with Crippen molar-refractivity contribution in [3.05, 3.63) is 18.3 Å². The van der Waals surface area contributed by atoms with Crippen LogP contribution in [0.25, 0.3) is 22.8 Å². The summed E-state index contributed by atoms with van der Waals surface area (Å²) in [6.07, 6.45) is 1.70. The van der Waals surface area contributed by atoms with Gasteiger partial charge in [0.1, 0.15) is 0 Å². The third-order valence-corrected chi connectivity index (χ3v) is 2.37. The van der Waals surface area contributed by atoms with Gasteiger partial charge in [-0.2, -0.15) is 4.98 Å². The number of aromatic amines is 1. The number of nitrogens with two attached hydrogens (primary N) is 1. The van der Waals surface area contributed by atoms with E-state index in [1.54, 1.807) is 6.20 Å². The minimum atomic E-state index is 0.204. The summed E-state index contributed by atoms with van der Waals surface area (Å²) in [6.45, 7) is 0. The van der Waals surface area contributed by atoms with Crippen LogP contribution in [0.5, 0.6) is 0 Å². The average molecular weight is 215 g/mol. The van der Waals surface area contributed by atoms with Gasteiger partial charge in [-0.05, 0) is 12.1 Å². The van der Waals surface area contributed by atoms with Gasteiger partial charge in [0.15, 0.2) is 17.3 Å². The van der Waals surface area contributed by atoms with Gasteiger partial charge < -0.3 is 10.3 Å². The van der Waals surface area contributed by atoms with Crippen LogP contribution >= 0.6 is 0 Å². The Labute approximate surface area is 90.4 Å². The first-order chi connectivity index (χ1) is 7.75. The molecule has 3 N–H and O–H groups in total. The van der Waals surface area contributed by atoms with Crippen molar-refractivity contribution in [3.63, 3.8) is 0 Å². The average Bonchev–Trinajstić information content (AvgIpc) is 2.84. The zero-order chi connectivity index (χ0) is 11.1. The van der Waals surface area contributed by atoms with Crippen molar-refractivity contribution < 1.29 is 0 Å². The van der Waals surface area contributed by atoms with Crippen molar-refractivity contribution in [2.75, 3.05) is 5.73 Å². The highest BCUT2D eigenvalue weighted by Crippen LogP contribution is 2.19. The second-order valence-corrected chi connectivity index (χ2v) is 3.38. The highest BCUT2D eigenvalue weighted by atomic mass is 15.3. The van der Waals surface area contributed by atoms with Crippen molar-refractivity contribution in [1.29, 1.82) is 0 Å². The molecule has 16 heavy (non-hydrogen) atoms. The van der Waals surface area contributed by atoms with E-state index in [0.29, 0.717) is 17.3 Å². The first-order valence-electron chi connectivity index (χ1n) is 4.71. The molecular weight excluding hydrogens is 206 g/mol. The molecule has 0 aliphatic heterocycles.